The Morgan fingerprint density at radius 3 is 2.42 bits per heavy atom. The number of nitrogens with zero attached hydrogens (tertiary/aromatic N) is 2. The first-order valence-corrected chi connectivity index (χ1v) is 8.95. The van der Waals surface area contributed by atoms with E-state index in [1.54, 1.807) is 24.3 Å². The van der Waals surface area contributed by atoms with Gasteiger partial charge in [0, 0.05) is 31.7 Å². The van der Waals surface area contributed by atoms with Crippen molar-refractivity contribution in [3.05, 3.63) is 59.4 Å². The van der Waals surface area contributed by atoms with Gasteiger partial charge in [-0.1, -0.05) is 6.07 Å². The van der Waals surface area contributed by atoms with E-state index < -0.39 is 5.41 Å². The molecule has 0 saturated heterocycles. The van der Waals surface area contributed by atoms with Crippen molar-refractivity contribution in [1.82, 2.24) is 9.88 Å². The smallest absolute Gasteiger partial charge is 0.240 e. The molecule has 1 saturated carbocycles. The number of carbonyl (C=O) groups excluding carboxylic acids is 2. The van der Waals surface area contributed by atoms with E-state index in [9.17, 15) is 9.59 Å². The van der Waals surface area contributed by atoms with Gasteiger partial charge in [0.2, 0.25) is 11.8 Å². The van der Waals surface area contributed by atoms with Crippen LogP contribution in [0.1, 0.15) is 29.5 Å². The molecule has 26 heavy (non-hydrogen) atoms. The molecule has 1 fully saturated rings. The summed E-state index contributed by atoms with van der Waals surface area (Å²) >= 11 is 0. The highest BCUT2D eigenvalue weighted by Crippen LogP contribution is 2.48. The van der Waals surface area contributed by atoms with Crippen LogP contribution in [-0.2, 0) is 16.0 Å². The fraction of sp³-hybridized carbons (Fsp3) is 0.381. The summed E-state index contributed by atoms with van der Waals surface area (Å²) in [6, 6.07) is 9.69. The predicted molar refractivity (Wildman–Crippen MR) is 102 cm³/mol. The molecular formula is C21H25N3O2. The van der Waals surface area contributed by atoms with Gasteiger partial charge in [-0.25, -0.2) is 0 Å². The molecular weight excluding hydrogens is 326 g/mol. The molecule has 0 bridgehead atoms. The summed E-state index contributed by atoms with van der Waals surface area (Å²) in [6.45, 7) is 4.63. The van der Waals surface area contributed by atoms with Gasteiger partial charge in [0.05, 0.1) is 0 Å². The first kappa shape index (κ1) is 18.1. The molecule has 136 valence electrons. The van der Waals surface area contributed by atoms with Crippen molar-refractivity contribution in [1.29, 1.82) is 0 Å². The minimum atomic E-state index is -0.897. The Morgan fingerprint density at radius 1 is 1.12 bits per heavy atom. The van der Waals surface area contributed by atoms with Crippen molar-refractivity contribution >= 4 is 17.5 Å². The molecule has 0 unspecified atom stereocenters. The number of amides is 2. The number of rotatable bonds is 6. The first-order valence-electron chi connectivity index (χ1n) is 8.95. The second-order valence-corrected chi connectivity index (χ2v) is 7.17. The molecule has 1 aliphatic rings. The van der Waals surface area contributed by atoms with Gasteiger partial charge in [-0.3, -0.25) is 14.6 Å². The summed E-state index contributed by atoms with van der Waals surface area (Å²) in [5.74, 6) is -0.283. The highest BCUT2D eigenvalue weighted by Gasteiger charge is 2.57. The number of hydrogen-bond donors (Lipinski definition) is 1. The Bertz CT molecular complexity index is 813. The summed E-state index contributed by atoms with van der Waals surface area (Å²) < 4.78 is 0. The van der Waals surface area contributed by atoms with Crippen molar-refractivity contribution in [2.45, 2.75) is 33.1 Å². The molecule has 0 radical (unpaired) electrons. The van der Waals surface area contributed by atoms with Crippen molar-refractivity contribution in [2.24, 2.45) is 5.41 Å². The molecule has 2 amide bonds. The van der Waals surface area contributed by atoms with Crippen LogP contribution in [0.2, 0.25) is 0 Å². The zero-order valence-corrected chi connectivity index (χ0v) is 15.6. The average Bonchev–Trinajstić information content (AvgIpc) is 3.45. The topological polar surface area (TPSA) is 62.3 Å². The molecule has 1 aliphatic carbocycles. The Balaban J connectivity index is 1.62. The number of aromatic nitrogens is 1. The highest BCUT2D eigenvalue weighted by atomic mass is 16.2. The van der Waals surface area contributed by atoms with Crippen LogP contribution >= 0.6 is 0 Å². The summed E-state index contributed by atoms with van der Waals surface area (Å²) in [5.41, 5.74) is 3.27. The van der Waals surface area contributed by atoms with Crippen LogP contribution in [0.3, 0.4) is 0 Å². The second kappa shape index (κ2) is 7.28. The Kier molecular flexibility index (Phi) is 5.07. The quantitative estimate of drug-likeness (QED) is 0.814. The maximum absolute atomic E-state index is 12.9. The monoisotopic (exact) mass is 351 g/mol. The average molecular weight is 351 g/mol. The van der Waals surface area contributed by atoms with Gasteiger partial charge < -0.3 is 10.2 Å². The first-order chi connectivity index (χ1) is 12.4. The third-order valence-electron chi connectivity index (χ3n) is 5.19. The summed E-state index contributed by atoms with van der Waals surface area (Å²) in [5, 5.41) is 2.93. The van der Waals surface area contributed by atoms with Crippen molar-refractivity contribution in [3.63, 3.8) is 0 Å². The van der Waals surface area contributed by atoms with E-state index in [2.05, 4.69) is 10.3 Å². The zero-order valence-electron chi connectivity index (χ0n) is 15.6. The Labute approximate surface area is 154 Å². The van der Waals surface area contributed by atoms with E-state index in [0.29, 0.717) is 19.4 Å². The van der Waals surface area contributed by atoms with Crippen LogP contribution in [0.5, 0.6) is 0 Å². The van der Waals surface area contributed by atoms with Crippen molar-refractivity contribution < 1.29 is 9.59 Å². The SMILES string of the molecule is Cc1ccc(NC(=O)C2(C(=O)N(C)CCc3ccncc3)CC2)cc1C. The fourth-order valence-corrected chi connectivity index (χ4v) is 3.05. The van der Waals surface area contributed by atoms with Gasteiger partial charge >= 0.3 is 0 Å². The normalized spacial score (nSPS) is 14.6. The number of benzene rings is 1. The lowest BCUT2D eigenvalue weighted by atomic mass is 10.0. The number of nitrogens with one attached hydrogen (secondary N) is 1. The predicted octanol–water partition coefficient (Wildman–Crippen LogP) is 3.12. The van der Waals surface area contributed by atoms with Crippen LogP contribution in [0.4, 0.5) is 5.69 Å². The number of likely N-dealkylation sites (N-methyl/N-ethyl adjacent to an activating group) is 1. The number of carbonyl (C=O) groups is 2. The molecule has 3 rings (SSSR count). The van der Waals surface area contributed by atoms with Crippen LogP contribution in [0, 0.1) is 19.3 Å². The van der Waals surface area contributed by atoms with E-state index >= 15 is 0 Å². The number of pyridine rings is 1. The zero-order chi connectivity index (χ0) is 18.7. The van der Waals surface area contributed by atoms with Crippen molar-refractivity contribution in [3.8, 4) is 0 Å². The minimum Gasteiger partial charge on any atom is -0.344 e. The Morgan fingerprint density at radius 2 is 1.81 bits per heavy atom. The molecule has 2 aromatic rings. The van der Waals surface area contributed by atoms with E-state index in [1.807, 2.05) is 44.2 Å². The minimum absolute atomic E-state index is 0.0899. The van der Waals surface area contributed by atoms with Gasteiger partial charge in [0.15, 0.2) is 0 Å². The molecule has 5 nitrogen and oxygen atoms in total. The molecule has 1 N–H and O–H groups in total. The van der Waals surface area contributed by atoms with Gasteiger partial charge in [-0.05, 0) is 74.1 Å². The largest absolute Gasteiger partial charge is 0.344 e. The number of anilines is 1. The van der Waals surface area contributed by atoms with Crippen molar-refractivity contribution in [2.75, 3.05) is 18.9 Å². The third-order valence-corrected chi connectivity index (χ3v) is 5.19. The van der Waals surface area contributed by atoms with Gasteiger partial charge in [0.1, 0.15) is 5.41 Å². The summed E-state index contributed by atoms with van der Waals surface area (Å²) in [7, 11) is 1.77. The maximum atomic E-state index is 12.9. The van der Waals surface area contributed by atoms with Crippen LogP contribution in [-0.4, -0.2) is 35.3 Å². The summed E-state index contributed by atoms with van der Waals surface area (Å²) in [4.78, 5) is 31.3. The van der Waals surface area contributed by atoms with E-state index in [0.717, 1.165) is 23.2 Å². The number of hydrogen-bond acceptors (Lipinski definition) is 3. The molecule has 1 aromatic carbocycles. The lowest BCUT2D eigenvalue weighted by Gasteiger charge is -2.23. The highest BCUT2D eigenvalue weighted by molar-refractivity contribution is 6.13. The van der Waals surface area contributed by atoms with E-state index in [-0.39, 0.29) is 11.8 Å². The standard InChI is InChI=1S/C21H25N3O2/c1-15-4-5-18(14-16(15)2)23-19(25)21(9-10-21)20(26)24(3)13-8-17-6-11-22-12-7-17/h4-7,11-12,14H,8-10,13H2,1-3H3,(H,23,25). The molecule has 5 heteroatoms. The van der Waals surface area contributed by atoms with Crippen LogP contribution in [0.15, 0.2) is 42.7 Å². The van der Waals surface area contributed by atoms with Gasteiger partial charge in [-0.15, -0.1) is 0 Å². The van der Waals surface area contributed by atoms with Crippen LogP contribution < -0.4 is 5.32 Å². The second-order valence-electron chi connectivity index (χ2n) is 7.17. The molecule has 1 heterocycles. The number of aryl methyl sites for hydroxylation is 2. The molecule has 0 atom stereocenters. The molecule has 1 aromatic heterocycles. The van der Waals surface area contributed by atoms with E-state index in [4.69, 9.17) is 0 Å². The van der Waals surface area contributed by atoms with Gasteiger partial charge in [0.25, 0.3) is 0 Å². The Hall–Kier alpha value is -2.69. The van der Waals surface area contributed by atoms with Gasteiger partial charge in [-0.2, -0.15) is 0 Å². The van der Waals surface area contributed by atoms with Crippen LogP contribution in [0.25, 0.3) is 0 Å². The maximum Gasteiger partial charge on any atom is 0.240 e. The third kappa shape index (κ3) is 3.77. The molecule has 0 spiro atoms. The molecule has 0 aliphatic heterocycles. The lowest BCUT2D eigenvalue weighted by Crippen LogP contribution is -2.41. The van der Waals surface area contributed by atoms with E-state index in [1.165, 1.54) is 5.56 Å². The summed E-state index contributed by atoms with van der Waals surface area (Å²) in [6.07, 6.45) is 5.47. The fourth-order valence-electron chi connectivity index (χ4n) is 3.05. The lowest BCUT2D eigenvalue weighted by molar-refractivity contribution is -0.141.